The van der Waals surface area contributed by atoms with Crippen LogP contribution in [-0.2, 0) is 23.4 Å². The van der Waals surface area contributed by atoms with Gasteiger partial charge in [0.05, 0.1) is 28.9 Å². The minimum atomic E-state index is -3.27. The number of likely N-dealkylation sites (tertiary alicyclic amines) is 1. The Balaban J connectivity index is 1.48. The number of fused-ring (bicyclic) bond motifs is 3. The molecule has 3 aromatic rings. The molecule has 26 heavy (non-hydrogen) atoms. The molecular weight excluding hydrogens is 350 g/mol. The van der Waals surface area contributed by atoms with Crippen LogP contribution in [0.25, 0.3) is 11.1 Å². The lowest BCUT2D eigenvalue weighted by Crippen LogP contribution is -2.25. The zero-order valence-corrected chi connectivity index (χ0v) is 15.2. The third kappa shape index (κ3) is 2.34. The van der Waals surface area contributed by atoms with Crippen molar-refractivity contribution in [3.05, 3.63) is 60.3 Å². The van der Waals surface area contributed by atoms with Crippen LogP contribution < -0.4 is 0 Å². The highest BCUT2D eigenvalue weighted by molar-refractivity contribution is 7.92. The molecule has 0 bridgehead atoms. The Bertz CT molecular complexity index is 1070. The number of sulfone groups is 1. The van der Waals surface area contributed by atoms with E-state index in [1.54, 1.807) is 23.3 Å². The van der Waals surface area contributed by atoms with Crippen LogP contribution in [0.1, 0.15) is 17.0 Å². The quantitative estimate of drug-likeness (QED) is 0.709. The Kier molecular flexibility index (Phi) is 3.39. The lowest BCUT2D eigenvalue weighted by atomic mass is 9.95. The maximum Gasteiger partial charge on any atom is 0.183 e. The molecule has 0 spiro atoms. The van der Waals surface area contributed by atoms with E-state index in [0.717, 1.165) is 35.3 Å². The highest BCUT2D eigenvalue weighted by Gasteiger charge is 2.50. The predicted molar refractivity (Wildman–Crippen MR) is 96.3 cm³/mol. The van der Waals surface area contributed by atoms with E-state index in [4.69, 9.17) is 4.42 Å². The summed E-state index contributed by atoms with van der Waals surface area (Å²) < 4.78 is 32.9. The van der Waals surface area contributed by atoms with Crippen molar-refractivity contribution in [1.82, 2.24) is 14.7 Å². The molecular formula is C19H19N3O3S. The lowest BCUT2D eigenvalue weighted by molar-refractivity contribution is 0.325. The fourth-order valence-corrected chi connectivity index (χ4v) is 6.47. The third-order valence-electron chi connectivity index (χ3n) is 5.48. The van der Waals surface area contributed by atoms with Crippen molar-refractivity contribution in [1.29, 1.82) is 0 Å². The van der Waals surface area contributed by atoms with E-state index < -0.39 is 9.84 Å². The van der Waals surface area contributed by atoms with E-state index in [0.29, 0.717) is 11.4 Å². The fraction of sp³-hybridized carbons (Fsp3) is 0.316. The van der Waals surface area contributed by atoms with Crippen LogP contribution in [0, 0.1) is 0 Å². The van der Waals surface area contributed by atoms with Gasteiger partial charge in [0.25, 0.3) is 0 Å². The minimum Gasteiger partial charge on any atom is -0.472 e. The maximum absolute atomic E-state index is 13.0. The van der Waals surface area contributed by atoms with Crippen LogP contribution in [0.4, 0.5) is 0 Å². The van der Waals surface area contributed by atoms with E-state index in [1.807, 2.05) is 37.6 Å². The van der Waals surface area contributed by atoms with Gasteiger partial charge < -0.3 is 4.42 Å². The molecule has 5 rings (SSSR count). The highest BCUT2D eigenvalue weighted by atomic mass is 32.2. The summed E-state index contributed by atoms with van der Waals surface area (Å²) in [7, 11) is -1.39. The number of benzene rings is 1. The van der Waals surface area contributed by atoms with Crippen LogP contribution in [0.5, 0.6) is 0 Å². The summed E-state index contributed by atoms with van der Waals surface area (Å²) in [4.78, 5) is 2.72. The molecule has 4 heterocycles. The van der Waals surface area contributed by atoms with E-state index in [2.05, 4.69) is 10.00 Å². The predicted octanol–water partition coefficient (Wildman–Crippen LogP) is 2.44. The van der Waals surface area contributed by atoms with Crippen LogP contribution in [0.3, 0.4) is 0 Å². The SMILES string of the molecule is Cn1cc(CN2CC3c4cc(-c5ccoc5)ccc4S(=O)(=O)C3C2)cn1. The van der Waals surface area contributed by atoms with Crippen molar-refractivity contribution in [3.8, 4) is 11.1 Å². The molecule has 6 nitrogen and oxygen atoms in total. The number of hydrogen-bond acceptors (Lipinski definition) is 5. The summed E-state index contributed by atoms with van der Waals surface area (Å²) >= 11 is 0. The van der Waals surface area contributed by atoms with Crippen molar-refractivity contribution in [3.63, 3.8) is 0 Å². The van der Waals surface area contributed by atoms with Gasteiger partial charge in [-0.15, -0.1) is 0 Å². The van der Waals surface area contributed by atoms with Crippen molar-refractivity contribution in [2.45, 2.75) is 22.6 Å². The number of aryl methyl sites for hydroxylation is 1. The monoisotopic (exact) mass is 369 g/mol. The average molecular weight is 369 g/mol. The first kappa shape index (κ1) is 15.8. The maximum atomic E-state index is 13.0. The topological polar surface area (TPSA) is 68.3 Å². The Hall–Kier alpha value is -2.38. The van der Waals surface area contributed by atoms with Crippen molar-refractivity contribution < 1.29 is 12.8 Å². The van der Waals surface area contributed by atoms with Gasteiger partial charge in [0.1, 0.15) is 0 Å². The number of aromatic nitrogens is 2. The van der Waals surface area contributed by atoms with Gasteiger partial charge in [-0.2, -0.15) is 5.10 Å². The first-order chi connectivity index (χ1) is 12.5. The van der Waals surface area contributed by atoms with Crippen LogP contribution in [0.15, 0.2) is 58.5 Å². The van der Waals surface area contributed by atoms with Crippen LogP contribution >= 0.6 is 0 Å². The summed E-state index contributed by atoms with van der Waals surface area (Å²) in [6, 6.07) is 7.55. The van der Waals surface area contributed by atoms with Crippen molar-refractivity contribution >= 4 is 9.84 Å². The number of nitrogens with zero attached hydrogens (tertiary/aromatic N) is 3. The molecule has 2 aromatic heterocycles. The molecule has 2 unspecified atom stereocenters. The summed E-state index contributed by atoms with van der Waals surface area (Å²) in [6.07, 6.45) is 7.14. The highest BCUT2D eigenvalue weighted by Crippen LogP contribution is 2.46. The minimum absolute atomic E-state index is 0.0264. The van der Waals surface area contributed by atoms with Gasteiger partial charge >= 0.3 is 0 Å². The van der Waals surface area contributed by atoms with E-state index in [-0.39, 0.29) is 11.2 Å². The Labute approximate surface area is 152 Å². The molecule has 1 aromatic carbocycles. The average Bonchev–Trinajstić information content (AvgIpc) is 3.37. The second-order valence-electron chi connectivity index (χ2n) is 7.17. The molecule has 0 N–H and O–H groups in total. The van der Waals surface area contributed by atoms with Crippen LogP contribution in [-0.4, -0.2) is 41.4 Å². The van der Waals surface area contributed by atoms with Crippen molar-refractivity contribution in [2.75, 3.05) is 13.1 Å². The molecule has 0 amide bonds. The number of furan rings is 1. The Morgan fingerprint density at radius 1 is 1.23 bits per heavy atom. The van der Waals surface area contributed by atoms with Gasteiger partial charge in [-0.1, -0.05) is 6.07 Å². The third-order valence-corrected chi connectivity index (χ3v) is 7.73. The van der Waals surface area contributed by atoms with Crippen molar-refractivity contribution in [2.24, 2.45) is 7.05 Å². The van der Waals surface area contributed by atoms with E-state index in [9.17, 15) is 8.42 Å². The van der Waals surface area contributed by atoms with Gasteiger partial charge in [0.15, 0.2) is 9.84 Å². The molecule has 0 saturated carbocycles. The molecule has 2 atom stereocenters. The zero-order chi connectivity index (χ0) is 17.9. The second kappa shape index (κ2) is 5.56. The smallest absolute Gasteiger partial charge is 0.183 e. The van der Waals surface area contributed by atoms with Crippen LogP contribution in [0.2, 0.25) is 0 Å². The normalized spacial score (nSPS) is 23.9. The summed E-state index contributed by atoms with van der Waals surface area (Å²) in [5.74, 6) is 0.0264. The van der Waals surface area contributed by atoms with E-state index in [1.165, 1.54) is 0 Å². The lowest BCUT2D eigenvalue weighted by Gasteiger charge is -2.16. The summed E-state index contributed by atoms with van der Waals surface area (Å²) in [5.41, 5.74) is 4.03. The molecule has 7 heteroatoms. The molecule has 1 fully saturated rings. The number of hydrogen-bond donors (Lipinski definition) is 0. The van der Waals surface area contributed by atoms with E-state index >= 15 is 0 Å². The second-order valence-corrected chi connectivity index (χ2v) is 9.31. The molecule has 0 aliphatic carbocycles. The molecule has 2 aliphatic heterocycles. The number of rotatable bonds is 3. The van der Waals surface area contributed by atoms with Gasteiger partial charge in [0.2, 0.25) is 0 Å². The Morgan fingerprint density at radius 2 is 2.12 bits per heavy atom. The molecule has 1 saturated heterocycles. The fourth-order valence-electron chi connectivity index (χ4n) is 4.27. The van der Waals surface area contributed by atoms with Gasteiger partial charge in [-0.05, 0) is 29.3 Å². The molecule has 2 aliphatic rings. The standard InChI is InChI=1S/C19H19N3O3S/c1-21-8-13(7-20-21)9-22-10-17-16-6-14(15-4-5-25-12-15)2-3-18(16)26(23,24)19(17)11-22/h2-8,12,17,19H,9-11H2,1H3. The first-order valence-corrected chi connectivity index (χ1v) is 10.2. The Morgan fingerprint density at radius 3 is 2.85 bits per heavy atom. The van der Waals surface area contributed by atoms with Gasteiger partial charge in [-0.3, -0.25) is 9.58 Å². The molecule has 0 radical (unpaired) electrons. The zero-order valence-electron chi connectivity index (χ0n) is 14.4. The van der Waals surface area contributed by atoms with Gasteiger partial charge in [-0.25, -0.2) is 8.42 Å². The molecule has 134 valence electrons. The first-order valence-electron chi connectivity index (χ1n) is 8.62. The summed E-state index contributed by atoms with van der Waals surface area (Å²) in [5, 5.41) is 3.85. The largest absolute Gasteiger partial charge is 0.472 e. The van der Waals surface area contributed by atoms with Gasteiger partial charge in [0, 0.05) is 49.9 Å². The summed E-state index contributed by atoms with van der Waals surface area (Å²) in [6.45, 7) is 2.05.